The first-order valence-corrected chi connectivity index (χ1v) is 9.45. The number of nitrogens with one attached hydrogen (secondary N) is 1. The van der Waals surface area contributed by atoms with Gasteiger partial charge in [0.2, 0.25) is 0 Å². The molecule has 0 fully saturated rings. The van der Waals surface area contributed by atoms with Gasteiger partial charge in [0, 0.05) is 36.7 Å². The Balaban J connectivity index is 1.60. The second-order valence-corrected chi connectivity index (χ2v) is 6.95. The van der Waals surface area contributed by atoms with Gasteiger partial charge in [-0.2, -0.15) is 0 Å². The van der Waals surface area contributed by atoms with Gasteiger partial charge < -0.3 is 14.6 Å². The third-order valence-electron chi connectivity index (χ3n) is 4.20. The van der Waals surface area contributed by atoms with E-state index in [0.29, 0.717) is 18.7 Å². The molecule has 0 saturated carbocycles. The van der Waals surface area contributed by atoms with E-state index < -0.39 is 0 Å². The van der Waals surface area contributed by atoms with E-state index in [1.54, 1.807) is 7.11 Å². The number of imidazole rings is 1. The second-order valence-electron chi connectivity index (χ2n) is 6.03. The van der Waals surface area contributed by atoms with Crippen molar-refractivity contribution < 1.29 is 9.53 Å². The highest BCUT2D eigenvalue weighted by atomic mass is 79.9. The average molecular weight is 416 g/mol. The number of aryl methyl sites for hydroxylation is 1. The molecule has 3 aromatic rings. The Morgan fingerprint density at radius 3 is 2.88 bits per heavy atom. The second kappa shape index (κ2) is 8.96. The summed E-state index contributed by atoms with van der Waals surface area (Å²) in [5.74, 6) is 0.971. The summed E-state index contributed by atoms with van der Waals surface area (Å²) in [6.07, 6.45) is 1.63. The minimum Gasteiger partial charge on any atom is -0.383 e. The summed E-state index contributed by atoms with van der Waals surface area (Å²) in [4.78, 5) is 16.9. The Bertz CT molecular complexity index is 892. The van der Waals surface area contributed by atoms with Gasteiger partial charge in [0.05, 0.1) is 17.6 Å². The van der Waals surface area contributed by atoms with Gasteiger partial charge in [-0.25, -0.2) is 4.98 Å². The molecule has 1 aromatic heterocycles. The Kier molecular flexibility index (Phi) is 6.41. The maximum Gasteiger partial charge on any atom is 0.251 e. The van der Waals surface area contributed by atoms with Crippen molar-refractivity contribution in [3.63, 3.8) is 0 Å². The first kappa shape index (κ1) is 18.6. The molecule has 0 aliphatic rings. The molecule has 0 aliphatic heterocycles. The maximum absolute atomic E-state index is 12.2. The molecular weight excluding hydrogens is 394 g/mol. The van der Waals surface area contributed by atoms with Crippen LogP contribution in [0.3, 0.4) is 0 Å². The van der Waals surface area contributed by atoms with Gasteiger partial charge in [0.1, 0.15) is 5.82 Å². The van der Waals surface area contributed by atoms with E-state index >= 15 is 0 Å². The van der Waals surface area contributed by atoms with E-state index in [-0.39, 0.29) is 5.91 Å². The number of halogens is 1. The van der Waals surface area contributed by atoms with Gasteiger partial charge >= 0.3 is 0 Å². The summed E-state index contributed by atoms with van der Waals surface area (Å²) in [5.41, 5.74) is 2.78. The topological polar surface area (TPSA) is 56.1 Å². The number of para-hydroxylation sites is 2. The monoisotopic (exact) mass is 415 g/mol. The van der Waals surface area contributed by atoms with E-state index in [1.165, 1.54) is 0 Å². The van der Waals surface area contributed by atoms with Crippen LogP contribution in [0, 0.1) is 0 Å². The molecule has 5 nitrogen and oxygen atoms in total. The largest absolute Gasteiger partial charge is 0.383 e. The van der Waals surface area contributed by atoms with Crippen LogP contribution < -0.4 is 5.32 Å². The molecule has 0 bridgehead atoms. The van der Waals surface area contributed by atoms with Crippen LogP contribution in [0.4, 0.5) is 0 Å². The summed E-state index contributed by atoms with van der Waals surface area (Å²) >= 11 is 3.39. The maximum atomic E-state index is 12.2. The van der Waals surface area contributed by atoms with Crippen LogP contribution in [0.25, 0.3) is 11.0 Å². The number of carbonyl (C=O) groups is 1. The molecule has 0 radical (unpaired) electrons. The highest BCUT2D eigenvalue weighted by Crippen LogP contribution is 2.17. The number of methoxy groups -OCH3 is 1. The molecule has 3 rings (SSSR count). The molecule has 1 heterocycles. The summed E-state index contributed by atoms with van der Waals surface area (Å²) in [5, 5.41) is 2.97. The van der Waals surface area contributed by atoms with Crippen molar-refractivity contribution >= 4 is 32.9 Å². The van der Waals surface area contributed by atoms with Crippen LogP contribution in [0.2, 0.25) is 0 Å². The van der Waals surface area contributed by atoms with E-state index in [1.807, 2.05) is 42.5 Å². The van der Waals surface area contributed by atoms with Crippen LogP contribution in [-0.4, -0.2) is 35.7 Å². The van der Waals surface area contributed by atoms with Crippen molar-refractivity contribution in [1.29, 1.82) is 0 Å². The molecule has 136 valence electrons. The SMILES string of the molecule is COCCn1c(CCCNC(=O)c2cccc(Br)c2)nc2ccccc21. The molecule has 6 heteroatoms. The van der Waals surface area contributed by atoms with Gasteiger partial charge in [-0.3, -0.25) is 4.79 Å². The number of hydrogen-bond acceptors (Lipinski definition) is 3. The van der Waals surface area contributed by atoms with Gasteiger partial charge in [-0.15, -0.1) is 0 Å². The van der Waals surface area contributed by atoms with Crippen LogP contribution in [-0.2, 0) is 17.7 Å². The predicted molar refractivity (Wildman–Crippen MR) is 106 cm³/mol. The molecule has 0 aliphatic carbocycles. The lowest BCUT2D eigenvalue weighted by atomic mass is 10.2. The van der Waals surface area contributed by atoms with Crippen molar-refractivity contribution in [2.24, 2.45) is 0 Å². The van der Waals surface area contributed by atoms with Gasteiger partial charge in [-0.05, 0) is 36.8 Å². The van der Waals surface area contributed by atoms with E-state index in [9.17, 15) is 4.79 Å². The molecule has 0 atom stereocenters. The number of ether oxygens (including phenoxy) is 1. The van der Waals surface area contributed by atoms with E-state index in [2.05, 4.69) is 31.9 Å². The fourth-order valence-corrected chi connectivity index (χ4v) is 3.33. The summed E-state index contributed by atoms with van der Waals surface area (Å²) in [6, 6.07) is 15.5. The fourth-order valence-electron chi connectivity index (χ4n) is 2.93. The van der Waals surface area contributed by atoms with E-state index in [4.69, 9.17) is 9.72 Å². The van der Waals surface area contributed by atoms with Gasteiger partial charge in [0.15, 0.2) is 0 Å². The molecule has 2 aromatic carbocycles. The zero-order valence-electron chi connectivity index (χ0n) is 14.7. The number of hydrogen-bond donors (Lipinski definition) is 1. The number of nitrogens with zero attached hydrogens (tertiary/aromatic N) is 2. The normalized spacial score (nSPS) is 11.0. The first-order valence-electron chi connectivity index (χ1n) is 8.66. The molecular formula is C20H22BrN3O2. The molecule has 0 unspecified atom stereocenters. The van der Waals surface area contributed by atoms with Crippen molar-refractivity contribution in [3.8, 4) is 0 Å². The number of amides is 1. The fraction of sp³-hybridized carbons (Fsp3) is 0.300. The third kappa shape index (κ3) is 4.51. The van der Waals surface area contributed by atoms with Crippen LogP contribution in [0.5, 0.6) is 0 Å². The highest BCUT2D eigenvalue weighted by Gasteiger charge is 2.10. The Morgan fingerprint density at radius 2 is 2.08 bits per heavy atom. The van der Waals surface area contributed by atoms with Crippen LogP contribution in [0.1, 0.15) is 22.6 Å². The first-order chi connectivity index (χ1) is 12.7. The smallest absolute Gasteiger partial charge is 0.251 e. The van der Waals surface area contributed by atoms with Crippen molar-refractivity contribution in [1.82, 2.24) is 14.9 Å². The number of fused-ring (bicyclic) bond motifs is 1. The minimum atomic E-state index is -0.0563. The Hall–Kier alpha value is -2.18. The van der Waals surface area contributed by atoms with Crippen molar-refractivity contribution in [3.05, 3.63) is 64.4 Å². The van der Waals surface area contributed by atoms with Crippen molar-refractivity contribution in [2.75, 3.05) is 20.3 Å². The van der Waals surface area contributed by atoms with Gasteiger partial charge in [0.25, 0.3) is 5.91 Å². The average Bonchev–Trinajstić information content (AvgIpc) is 3.00. The summed E-state index contributed by atoms with van der Waals surface area (Å²) < 4.78 is 8.33. The number of benzene rings is 2. The molecule has 26 heavy (non-hydrogen) atoms. The molecule has 0 saturated heterocycles. The summed E-state index contributed by atoms with van der Waals surface area (Å²) in [7, 11) is 1.70. The Labute approximate surface area is 161 Å². The number of rotatable bonds is 8. The minimum absolute atomic E-state index is 0.0563. The standard InChI is InChI=1S/C20H22BrN3O2/c1-26-13-12-24-18-9-3-2-8-17(18)23-19(24)10-5-11-22-20(25)15-6-4-7-16(21)14-15/h2-4,6-9,14H,5,10-13H2,1H3,(H,22,25). The quantitative estimate of drug-likeness (QED) is 0.569. The van der Waals surface area contributed by atoms with Crippen LogP contribution in [0.15, 0.2) is 53.0 Å². The van der Waals surface area contributed by atoms with Crippen molar-refractivity contribution in [2.45, 2.75) is 19.4 Å². The number of aromatic nitrogens is 2. The number of carbonyl (C=O) groups excluding carboxylic acids is 1. The zero-order chi connectivity index (χ0) is 18.4. The molecule has 1 N–H and O–H groups in total. The third-order valence-corrected chi connectivity index (χ3v) is 4.70. The zero-order valence-corrected chi connectivity index (χ0v) is 16.3. The highest BCUT2D eigenvalue weighted by molar-refractivity contribution is 9.10. The summed E-state index contributed by atoms with van der Waals surface area (Å²) in [6.45, 7) is 2.03. The Morgan fingerprint density at radius 1 is 1.23 bits per heavy atom. The predicted octanol–water partition coefficient (Wildman–Crippen LogP) is 3.81. The lowest BCUT2D eigenvalue weighted by Crippen LogP contribution is -2.25. The van der Waals surface area contributed by atoms with Gasteiger partial charge in [-0.1, -0.05) is 34.1 Å². The lowest BCUT2D eigenvalue weighted by Gasteiger charge is -2.09. The molecule has 0 spiro atoms. The van der Waals surface area contributed by atoms with E-state index in [0.717, 1.165) is 40.7 Å². The molecule has 1 amide bonds. The lowest BCUT2D eigenvalue weighted by molar-refractivity contribution is 0.0953. The van der Waals surface area contributed by atoms with Crippen LogP contribution >= 0.6 is 15.9 Å².